The van der Waals surface area contributed by atoms with Crippen LogP contribution in [0, 0.1) is 5.92 Å². The molecule has 0 aromatic heterocycles. The van der Waals surface area contributed by atoms with Gasteiger partial charge in [-0.15, -0.1) is 0 Å². The molecule has 2 amide bonds. The maximum Gasteiger partial charge on any atom is 0.251 e. The smallest absolute Gasteiger partial charge is 0.251 e. The molecule has 2 heterocycles. The van der Waals surface area contributed by atoms with Gasteiger partial charge in [0.15, 0.2) is 0 Å². The predicted molar refractivity (Wildman–Crippen MR) is 115 cm³/mol. The van der Waals surface area contributed by atoms with E-state index < -0.39 is 0 Å². The number of benzene rings is 2. The summed E-state index contributed by atoms with van der Waals surface area (Å²) in [4.78, 5) is 24.9. The first-order chi connectivity index (χ1) is 15.0. The highest BCUT2D eigenvalue weighted by atomic mass is 16.6. The summed E-state index contributed by atoms with van der Waals surface area (Å²) in [6.45, 7) is 4.74. The van der Waals surface area contributed by atoms with Gasteiger partial charge in [0.2, 0.25) is 5.91 Å². The summed E-state index contributed by atoms with van der Waals surface area (Å²) in [6.07, 6.45) is -0.0682. The Bertz CT molecular complexity index is 917. The lowest BCUT2D eigenvalue weighted by Gasteiger charge is -2.19. The molecule has 2 aromatic rings. The number of carbonyl (C=O) groups is 2. The Morgan fingerprint density at radius 3 is 2.26 bits per heavy atom. The van der Waals surface area contributed by atoms with E-state index >= 15 is 0 Å². The van der Waals surface area contributed by atoms with Gasteiger partial charge in [-0.3, -0.25) is 9.59 Å². The highest BCUT2D eigenvalue weighted by Crippen LogP contribution is 2.28. The summed E-state index contributed by atoms with van der Waals surface area (Å²) in [5.41, 5.74) is 0.497. The molecular weight excluding hydrogens is 396 g/mol. The Hall–Kier alpha value is -2.90. The second-order valence-corrected chi connectivity index (χ2v) is 8.39. The molecule has 0 spiro atoms. The Labute approximate surface area is 182 Å². The number of rotatable bonds is 7. The van der Waals surface area contributed by atoms with Gasteiger partial charge in [0.25, 0.3) is 5.91 Å². The van der Waals surface area contributed by atoms with Crippen LogP contribution in [0.1, 0.15) is 30.6 Å². The average Bonchev–Trinajstić information content (AvgIpc) is 3.32. The van der Waals surface area contributed by atoms with Gasteiger partial charge in [0.05, 0.1) is 25.3 Å². The zero-order valence-corrected chi connectivity index (χ0v) is 17.7. The fourth-order valence-corrected chi connectivity index (χ4v) is 3.96. The van der Waals surface area contributed by atoms with Crippen molar-refractivity contribution in [3.05, 3.63) is 60.2 Å². The lowest BCUT2D eigenvalue weighted by molar-refractivity contribution is -0.123. The Morgan fingerprint density at radius 1 is 0.935 bits per heavy atom. The Morgan fingerprint density at radius 2 is 1.58 bits per heavy atom. The normalized spacial score (nSPS) is 24.6. The molecule has 0 bridgehead atoms. The van der Waals surface area contributed by atoms with E-state index in [9.17, 15) is 9.59 Å². The van der Waals surface area contributed by atoms with E-state index in [2.05, 4.69) is 10.6 Å². The highest BCUT2D eigenvalue weighted by molar-refractivity contribution is 5.94. The summed E-state index contributed by atoms with van der Waals surface area (Å²) in [6, 6.07) is 16.0. The fraction of sp³-hybridized carbons (Fsp3) is 0.417. The lowest BCUT2D eigenvalue weighted by atomic mass is 10.0. The van der Waals surface area contributed by atoms with Crippen LogP contribution in [0.4, 0.5) is 0 Å². The number of fused-ring (bicyclic) bond motifs is 1. The lowest BCUT2D eigenvalue weighted by Crippen LogP contribution is -2.47. The maximum atomic E-state index is 12.8. The van der Waals surface area contributed by atoms with Crippen molar-refractivity contribution in [2.75, 3.05) is 13.2 Å². The van der Waals surface area contributed by atoms with Gasteiger partial charge in [-0.1, -0.05) is 38.1 Å². The van der Waals surface area contributed by atoms with E-state index in [0.717, 1.165) is 0 Å². The topological polar surface area (TPSA) is 85.9 Å². The zero-order chi connectivity index (χ0) is 21.8. The molecular formula is C24H28N2O5. The predicted octanol–water partition coefficient (Wildman–Crippen LogP) is 2.91. The Balaban J connectivity index is 1.34. The van der Waals surface area contributed by atoms with Crippen LogP contribution in [0.3, 0.4) is 0 Å². The van der Waals surface area contributed by atoms with Crippen LogP contribution < -0.4 is 15.4 Å². The van der Waals surface area contributed by atoms with Gasteiger partial charge >= 0.3 is 0 Å². The molecule has 2 saturated heterocycles. The van der Waals surface area contributed by atoms with Gasteiger partial charge in [-0.2, -0.15) is 0 Å². The molecule has 4 rings (SSSR count). The third-order valence-electron chi connectivity index (χ3n) is 5.39. The van der Waals surface area contributed by atoms with Crippen LogP contribution in [0.15, 0.2) is 54.6 Å². The van der Waals surface area contributed by atoms with E-state index in [1.165, 1.54) is 0 Å². The highest BCUT2D eigenvalue weighted by Gasteiger charge is 2.48. The molecule has 164 valence electrons. The number of para-hydroxylation sites is 1. The van der Waals surface area contributed by atoms with Crippen LogP contribution in [0.25, 0.3) is 0 Å². The number of ether oxygens (including phenoxy) is 3. The summed E-state index contributed by atoms with van der Waals surface area (Å²) in [5.74, 6) is 1.36. The molecule has 2 N–H and O–H groups in total. The van der Waals surface area contributed by atoms with Crippen molar-refractivity contribution in [1.82, 2.24) is 10.6 Å². The van der Waals surface area contributed by atoms with Crippen molar-refractivity contribution in [2.45, 2.75) is 44.6 Å². The number of nitrogens with one attached hydrogen (secondary N) is 2. The molecule has 4 atom stereocenters. The molecule has 0 unspecified atom stereocenters. The van der Waals surface area contributed by atoms with Crippen LogP contribution in [0.5, 0.6) is 11.5 Å². The largest absolute Gasteiger partial charge is 0.457 e. The van der Waals surface area contributed by atoms with Crippen LogP contribution >= 0.6 is 0 Å². The monoisotopic (exact) mass is 424 g/mol. The average molecular weight is 424 g/mol. The quantitative estimate of drug-likeness (QED) is 0.714. The second kappa shape index (κ2) is 9.49. The van der Waals surface area contributed by atoms with E-state index in [-0.39, 0.29) is 42.0 Å². The number of hydrogen-bond acceptors (Lipinski definition) is 5. The number of amides is 2. The number of carbonyl (C=O) groups excluding carboxylic acids is 2. The molecule has 7 nitrogen and oxygen atoms in total. The third kappa shape index (κ3) is 5.24. The molecule has 2 fully saturated rings. The SMILES string of the molecule is CC(C)CC(=O)N[C@H]1CO[C@H]2[C@@H]1OC[C@@H]2NC(=O)c1cccc(Oc2ccccc2)c1. The van der Waals surface area contributed by atoms with Crippen molar-refractivity contribution in [3.63, 3.8) is 0 Å². The van der Waals surface area contributed by atoms with Crippen LogP contribution in [0.2, 0.25) is 0 Å². The Kier molecular flexibility index (Phi) is 6.53. The molecule has 2 aliphatic rings. The van der Waals surface area contributed by atoms with E-state index in [4.69, 9.17) is 14.2 Å². The summed E-state index contributed by atoms with van der Waals surface area (Å²) in [7, 11) is 0. The molecule has 0 saturated carbocycles. The summed E-state index contributed by atoms with van der Waals surface area (Å²) in [5, 5.41) is 6.01. The zero-order valence-electron chi connectivity index (χ0n) is 17.7. The van der Waals surface area contributed by atoms with Crippen LogP contribution in [-0.4, -0.2) is 49.3 Å². The third-order valence-corrected chi connectivity index (χ3v) is 5.39. The van der Waals surface area contributed by atoms with E-state index in [0.29, 0.717) is 36.7 Å². The van der Waals surface area contributed by atoms with Crippen LogP contribution in [-0.2, 0) is 14.3 Å². The maximum absolute atomic E-state index is 12.8. The van der Waals surface area contributed by atoms with Crippen molar-refractivity contribution < 1.29 is 23.8 Å². The van der Waals surface area contributed by atoms with E-state index in [1.54, 1.807) is 18.2 Å². The van der Waals surface area contributed by atoms with Crippen molar-refractivity contribution in [1.29, 1.82) is 0 Å². The molecule has 0 aliphatic carbocycles. The molecule has 2 aliphatic heterocycles. The van der Waals surface area contributed by atoms with E-state index in [1.807, 2.05) is 50.2 Å². The minimum Gasteiger partial charge on any atom is -0.457 e. The van der Waals surface area contributed by atoms with Crippen molar-refractivity contribution in [3.8, 4) is 11.5 Å². The standard InChI is InChI=1S/C24H28N2O5/c1-15(2)11-21(27)25-19-13-29-23-20(14-30-22(19)23)26-24(28)16-7-6-10-18(12-16)31-17-8-4-3-5-9-17/h3-10,12,15,19-20,22-23H,11,13-14H2,1-2H3,(H,25,27)(H,26,28)/t19-,20-,22+,23+/m0/s1. The first kappa shape index (κ1) is 21.3. The summed E-state index contributed by atoms with van der Waals surface area (Å²) >= 11 is 0. The second-order valence-electron chi connectivity index (χ2n) is 8.39. The van der Waals surface area contributed by atoms with Crippen molar-refractivity contribution in [2.24, 2.45) is 5.92 Å². The molecule has 31 heavy (non-hydrogen) atoms. The first-order valence-electron chi connectivity index (χ1n) is 10.7. The molecule has 0 radical (unpaired) electrons. The molecule has 2 aromatic carbocycles. The van der Waals surface area contributed by atoms with Gasteiger partial charge in [0.1, 0.15) is 23.7 Å². The fourth-order valence-electron chi connectivity index (χ4n) is 3.96. The van der Waals surface area contributed by atoms with Gasteiger partial charge < -0.3 is 24.8 Å². The minimum atomic E-state index is -0.281. The number of hydrogen-bond donors (Lipinski definition) is 2. The molecule has 7 heteroatoms. The van der Waals surface area contributed by atoms with Crippen molar-refractivity contribution >= 4 is 11.8 Å². The van der Waals surface area contributed by atoms with Gasteiger partial charge in [-0.25, -0.2) is 0 Å². The van der Waals surface area contributed by atoms with Gasteiger partial charge in [0, 0.05) is 12.0 Å². The minimum absolute atomic E-state index is 0.00410. The van der Waals surface area contributed by atoms with Gasteiger partial charge in [-0.05, 0) is 36.2 Å². The summed E-state index contributed by atoms with van der Waals surface area (Å²) < 4.78 is 17.6. The first-order valence-corrected chi connectivity index (χ1v) is 10.7.